The Hall–Kier alpha value is -2.62. The zero-order chi connectivity index (χ0) is 16.2. The van der Waals surface area contributed by atoms with Crippen LogP contribution in [0.1, 0.15) is 34.3 Å². The van der Waals surface area contributed by atoms with Crippen LogP contribution in [0.4, 0.5) is 5.69 Å². The van der Waals surface area contributed by atoms with E-state index in [4.69, 9.17) is 0 Å². The van der Waals surface area contributed by atoms with E-state index in [0.717, 1.165) is 29.7 Å². The van der Waals surface area contributed by atoms with Crippen LogP contribution in [0.15, 0.2) is 48.5 Å². The highest BCUT2D eigenvalue weighted by atomic mass is 16.2. The molecule has 4 nitrogen and oxygen atoms in total. The van der Waals surface area contributed by atoms with Crippen LogP contribution in [0, 0.1) is 12.8 Å². The van der Waals surface area contributed by atoms with Crippen molar-refractivity contribution in [3.63, 3.8) is 0 Å². The molecule has 1 aliphatic carbocycles. The van der Waals surface area contributed by atoms with Crippen LogP contribution in [0.25, 0.3) is 0 Å². The van der Waals surface area contributed by atoms with Gasteiger partial charge in [-0.2, -0.15) is 0 Å². The summed E-state index contributed by atoms with van der Waals surface area (Å²) < 4.78 is 0. The molecule has 0 unspecified atom stereocenters. The second-order valence-electron chi connectivity index (χ2n) is 6.02. The molecule has 1 fully saturated rings. The number of rotatable bonds is 5. The van der Waals surface area contributed by atoms with Gasteiger partial charge < -0.3 is 10.6 Å². The van der Waals surface area contributed by atoms with Gasteiger partial charge in [0.05, 0.1) is 0 Å². The van der Waals surface area contributed by atoms with Crippen LogP contribution >= 0.6 is 0 Å². The number of nitrogens with one attached hydrogen (secondary N) is 2. The third kappa shape index (κ3) is 4.19. The molecule has 4 heteroatoms. The number of hydrogen-bond donors (Lipinski definition) is 2. The van der Waals surface area contributed by atoms with Gasteiger partial charge in [-0.1, -0.05) is 29.8 Å². The van der Waals surface area contributed by atoms with Crippen molar-refractivity contribution < 1.29 is 9.59 Å². The zero-order valence-electron chi connectivity index (χ0n) is 13.1. The predicted octanol–water partition coefficient (Wildman–Crippen LogP) is 3.27. The maximum Gasteiger partial charge on any atom is 0.251 e. The molecule has 2 amide bonds. The van der Waals surface area contributed by atoms with Crippen molar-refractivity contribution in [2.45, 2.75) is 26.3 Å². The van der Waals surface area contributed by atoms with E-state index in [2.05, 4.69) is 10.6 Å². The summed E-state index contributed by atoms with van der Waals surface area (Å²) in [5.41, 5.74) is 3.45. The van der Waals surface area contributed by atoms with Crippen molar-refractivity contribution in [2.75, 3.05) is 5.32 Å². The van der Waals surface area contributed by atoms with Crippen LogP contribution in [0.3, 0.4) is 0 Å². The molecule has 0 aromatic heterocycles. The van der Waals surface area contributed by atoms with Crippen LogP contribution in [0.5, 0.6) is 0 Å². The van der Waals surface area contributed by atoms with E-state index >= 15 is 0 Å². The first-order valence-corrected chi connectivity index (χ1v) is 7.86. The Bertz CT molecular complexity index is 736. The molecule has 118 valence electrons. The first-order chi connectivity index (χ1) is 11.1. The summed E-state index contributed by atoms with van der Waals surface area (Å²) in [6.45, 7) is 2.39. The van der Waals surface area contributed by atoms with Crippen molar-refractivity contribution in [1.82, 2.24) is 5.32 Å². The van der Waals surface area contributed by atoms with Crippen molar-refractivity contribution >= 4 is 17.5 Å². The second-order valence-corrected chi connectivity index (χ2v) is 6.02. The van der Waals surface area contributed by atoms with Crippen LogP contribution in [0.2, 0.25) is 0 Å². The summed E-state index contributed by atoms with van der Waals surface area (Å²) in [7, 11) is 0. The summed E-state index contributed by atoms with van der Waals surface area (Å²) in [6, 6.07) is 15.1. The molecule has 0 atom stereocenters. The minimum Gasteiger partial charge on any atom is -0.348 e. The number of benzene rings is 2. The first-order valence-electron chi connectivity index (χ1n) is 7.86. The minimum absolute atomic E-state index is 0.0888. The Labute approximate surface area is 135 Å². The Kier molecular flexibility index (Phi) is 4.42. The van der Waals surface area contributed by atoms with Gasteiger partial charge in [-0.05, 0) is 49.6 Å². The molecule has 1 saturated carbocycles. The molecular weight excluding hydrogens is 288 g/mol. The topological polar surface area (TPSA) is 58.2 Å². The zero-order valence-corrected chi connectivity index (χ0v) is 13.1. The highest BCUT2D eigenvalue weighted by Crippen LogP contribution is 2.30. The Balaban J connectivity index is 1.59. The highest BCUT2D eigenvalue weighted by Gasteiger charge is 2.29. The van der Waals surface area contributed by atoms with Gasteiger partial charge in [-0.25, -0.2) is 0 Å². The van der Waals surface area contributed by atoms with Crippen LogP contribution in [-0.4, -0.2) is 11.8 Å². The Morgan fingerprint density at radius 1 is 1.09 bits per heavy atom. The summed E-state index contributed by atoms with van der Waals surface area (Å²) in [4.78, 5) is 23.9. The largest absolute Gasteiger partial charge is 0.348 e. The third-order valence-corrected chi connectivity index (χ3v) is 3.88. The Morgan fingerprint density at radius 2 is 1.87 bits per heavy atom. The van der Waals surface area contributed by atoms with Crippen molar-refractivity contribution in [3.8, 4) is 0 Å². The standard InChI is InChI=1S/C19H20N2O2/c1-13-4-2-6-16(10-13)18(22)20-12-14-5-3-7-17(11-14)21-19(23)15-8-9-15/h2-7,10-11,15H,8-9,12H2,1H3,(H,20,22)(H,21,23). The molecule has 0 spiro atoms. The SMILES string of the molecule is Cc1cccc(C(=O)NCc2cccc(NC(=O)C3CC3)c2)c1. The maximum absolute atomic E-state index is 12.1. The van der Waals surface area contributed by atoms with E-state index in [-0.39, 0.29) is 17.7 Å². The molecule has 2 aromatic carbocycles. The number of aryl methyl sites for hydroxylation is 1. The van der Waals surface area contributed by atoms with Gasteiger partial charge in [0.25, 0.3) is 5.91 Å². The van der Waals surface area contributed by atoms with Crippen LogP contribution < -0.4 is 10.6 Å². The molecular formula is C19H20N2O2. The van der Waals surface area contributed by atoms with Gasteiger partial charge in [0.1, 0.15) is 0 Å². The highest BCUT2D eigenvalue weighted by molar-refractivity contribution is 5.95. The summed E-state index contributed by atoms with van der Waals surface area (Å²) in [5.74, 6) is 0.173. The quantitative estimate of drug-likeness (QED) is 0.890. The van der Waals surface area contributed by atoms with E-state index in [0.29, 0.717) is 12.1 Å². The molecule has 0 radical (unpaired) electrons. The number of hydrogen-bond acceptors (Lipinski definition) is 2. The van der Waals surface area contributed by atoms with Gasteiger partial charge in [-0.3, -0.25) is 9.59 Å². The fourth-order valence-corrected chi connectivity index (χ4v) is 2.42. The normalized spacial score (nSPS) is 13.4. The van der Waals surface area contributed by atoms with Gasteiger partial charge in [0.15, 0.2) is 0 Å². The van der Waals surface area contributed by atoms with E-state index in [1.807, 2.05) is 49.4 Å². The number of anilines is 1. The molecule has 1 aliphatic rings. The summed E-state index contributed by atoms with van der Waals surface area (Å²) >= 11 is 0. The molecule has 0 bridgehead atoms. The molecule has 0 saturated heterocycles. The lowest BCUT2D eigenvalue weighted by atomic mass is 10.1. The minimum atomic E-state index is -0.0962. The van der Waals surface area contributed by atoms with Gasteiger partial charge >= 0.3 is 0 Å². The first kappa shape index (κ1) is 15.3. The second kappa shape index (κ2) is 6.65. The molecule has 0 heterocycles. The predicted molar refractivity (Wildman–Crippen MR) is 90.1 cm³/mol. The average molecular weight is 308 g/mol. The molecule has 2 aromatic rings. The lowest BCUT2D eigenvalue weighted by molar-refractivity contribution is -0.117. The fourth-order valence-electron chi connectivity index (χ4n) is 2.42. The molecule has 0 aliphatic heterocycles. The number of carbonyl (C=O) groups is 2. The smallest absolute Gasteiger partial charge is 0.251 e. The van der Waals surface area contributed by atoms with Crippen molar-refractivity contribution in [2.24, 2.45) is 5.92 Å². The van der Waals surface area contributed by atoms with Crippen molar-refractivity contribution in [3.05, 3.63) is 65.2 Å². The lowest BCUT2D eigenvalue weighted by Crippen LogP contribution is -2.23. The van der Waals surface area contributed by atoms with E-state index < -0.39 is 0 Å². The van der Waals surface area contributed by atoms with Gasteiger partial charge in [0, 0.05) is 23.7 Å². The number of carbonyl (C=O) groups excluding carboxylic acids is 2. The average Bonchev–Trinajstić information content (AvgIpc) is 3.38. The van der Waals surface area contributed by atoms with Crippen molar-refractivity contribution in [1.29, 1.82) is 0 Å². The number of amides is 2. The lowest BCUT2D eigenvalue weighted by Gasteiger charge is -2.09. The van der Waals surface area contributed by atoms with Gasteiger partial charge in [0.2, 0.25) is 5.91 Å². The van der Waals surface area contributed by atoms with E-state index in [1.54, 1.807) is 6.07 Å². The van der Waals surface area contributed by atoms with Crippen LogP contribution in [-0.2, 0) is 11.3 Å². The molecule has 2 N–H and O–H groups in total. The maximum atomic E-state index is 12.1. The fraction of sp³-hybridized carbons (Fsp3) is 0.263. The molecule has 3 rings (SSSR count). The monoisotopic (exact) mass is 308 g/mol. The van der Waals surface area contributed by atoms with Gasteiger partial charge in [-0.15, -0.1) is 0 Å². The van der Waals surface area contributed by atoms with E-state index in [9.17, 15) is 9.59 Å². The van der Waals surface area contributed by atoms with E-state index in [1.165, 1.54) is 0 Å². The summed E-state index contributed by atoms with van der Waals surface area (Å²) in [6.07, 6.45) is 1.97. The molecule has 23 heavy (non-hydrogen) atoms. The Morgan fingerprint density at radius 3 is 2.61 bits per heavy atom. The third-order valence-electron chi connectivity index (χ3n) is 3.88. The summed E-state index contributed by atoms with van der Waals surface area (Å²) in [5, 5.41) is 5.83.